The maximum atomic E-state index is 12.1. The van der Waals surface area contributed by atoms with E-state index in [1.165, 1.54) is 12.2 Å². The van der Waals surface area contributed by atoms with Crippen LogP contribution >= 0.6 is 0 Å². The summed E-state index contributed by atoms with van der Waals surface area (Å²) in [5.74, 6) is -2.45. The SMILES string of the molecule is CCOC(=O)C(CCCCNC(=O)NCCCC(NC(=O)NCCCCC(N=C=O)C(=O)OCC)C(=O)O)N=C=O. The smallest absolute Gasteiger partial charge is 0.331 e. The third kappa shape index (κ3) is 18.6. The first-order valence-electron chi connectivity index (χ1n) is 13.5. The molecule has 0 fully saturated rings. The predicted octanol–water partition coefficient (Wildman–Crippen LogP) is 0.694. The van der Waals surface area contributed by atoms with Gasteiger partial charge in [-0.1, -0.05) is 0 Å². The molecule has 0 aromatic heterocycles. The summed E-state index contributed by atoms with van der Waals surface area (Å²) >= 11 is 0. The molecule has 0 heterocycles. The molecule has 16 heteroatoms. The molecule has 0 aliphatic carbocycles. The van der Waals surface area contributed by atoms with E-state index in [9.17, 15) is 38.7 Å². The van der Waals surface area contributed by atoms with Gasteiger partial charge in [-0.05, 0) is 65.2 Å². The van der Waals surface area contributed by atoms with Gasteiger partial charge in [0.2, 0.25) is 12.2 Å². The lowest BCUT2D eigenvalue weighted by molar-refractivity contribution is -0.145. The number of urea groups is 2. The van der Waals surface area contributed by atoms with E-state index in [4.69, 9.17) is 9.47 Å². The van der Waals surface area contributed by atoms with Gasteiger partial charge in [-0.2, -0.15) is 9.98 Å². The standard InChI is InChI=1S/C25H40N6O10/c1-3-40-22(36)19(29-16-32)10-5-7-13-26-24(38)27-15-9-12-18(21(34)35)31-25(39)28-14-8-6-11-20(30-17-33)23(37)41-4-2/h18-20H,3-15H2,1-2H3,(H,34,35)(H2,26,27,38)(H2,28,31,39). The van der Waals surface area contributed by atoms with Crippen LogP contribution in [-0.2, 0) is 33.4 Å². The van der Waals surface area contributed by atoms with Crippen molar-refractivity contribution in [3.05, 3.63) is 0 Å². The Balaban J connectivity index is 4.17. The molecule has 3 unspecified atom stereocenters. The van der Waals surface area contributed by atoms with Gasteiger partial charge in [-0.15, -0.1) is 0 Å². The van der Waals surface area contributed by atoms with Crippen LogP contribution in [0.2, 0.25) is 0 Å². The molecular formula is C25H40N6O10. The molecule has 0 spiro atoms. The van der Waals surface area contributed by atoms with Crippen molar-refractivity contribution in [2.45, 2.75) is 83.3 Å². The topological polar surface area (TPSA) is 231 Å². The summed E-state index contributed by atoms with van der Waals surface area (Å²) < 4.78 is 9.66. The van der Waals surface area contributed by atoms with Crippen LogP contribution in [0.1, 0.15) is 65.2 Å². The van der Waals surface area contributed by atoms with Crippen LogP contribution in [-0.4, -0.2) is 98.2 Å². The summed E-state index contributed by atoms with van der Waals surface area (Å²) in [6, 6.07) is -4.18. The number of carboxylic acid groups (broad SMARTS) is 1. The number of esters is 2. The molecule has 41 heavy (non-hydrogen) atoms. The number of nitrogens with one attached hydrogen (secondary N) is 4. The Hall–Kier alpha value is -4.29. The number of hydrogen-bond donors (Lipinski definition) is 5. The lowest BCUT2D eigenvalue weighted by atomic mass is 10.1. The van der Waals surface area contributed by atoms with Crippen LogP contribution in [0, 0.1) is 0 Å². The fraction of sp³-hybridized carbons (Fsp3) is 0.720. The molecule has 0 rings (SSSR count). The Morgan fingerprint density at radius 2 is 1.12 bits per heavy atom. The molecule has 3 atom stereocenters. The van der Waals surface area contributed by atoms with Gasteiger partial charge in [0.25, 0.3) is 0 Å². The molecule has 16 nitrogen and oxygen atoms in total. The Morgan fingerprint density at radius 3 is 1.54 bits per heavy atom. The number of hydrogen-bond acceptors (Lipinski definition) is 11. The number of unbranched alkanes of at least 4 members (excludes halogenated alkanes) is 2. The number of rotatable bonds is 22. The number of carbonyl (C=O) groups is 5. The molecule has 0 aliphatic heterocycles. The highest BCUT2D eigenvalue weighted by atomic mass is 16.5. The number of carboxylic acids is 1. The van der Waals surface area contributed by atoms with Crippen molar-refractivity contribution in [1.82, 2.24) is 21.3 Å². The van der Waals surface area contributed by atoms with Gasteiger partial charge in [0.05, 0.1) is 13.2 Å². The molecular weight excluding hydrogens is 544 g/mol. The highest BCUT2D eigenvalue weighted by Crippen LogP contribution is 2.07. The van der Waals surface area contributed by atoms with E-state index in [1.807, 2.05) is 0 Å². The molecule has 5 N–H and O–H groups in total. The maximum Gasteiger partial charge on any atom is 0.331 e. The van der Waals surface area contributed by atoms with Crippen LogP contribution in [0.15, 0.2) is 9.98 Å². The minimum absolute atomic E-state index is 0.0699. The molecule has 0 radical (unpaired) electrons. The van der Waals surface area contributed by atoms with E-state index in [-0.39, 0.29) is 52.0 Å². The van der Waals surface area contributed by atoms with Crippen molar-refractivity contribution in [3.63, 3.8) is 0 Å². The summed E-state index contributed by atoms with van der Waals surface area (Å²) in [4.78, 5) is 86.6. The average Bonchev–Trinajstić information content (AvgIpc) is 2.93. The average molecular weight is 585 g/mol. The van der Waals surface area contributed by atoms with Gasteiger partial charge in [0.15, 0.2) is 12.1 Å². The lowest BCUT2D eigenvalue weighted by Crippen LogP contribution is -2.46. The summed E-state index contributed by atoms with van der Waals surface area (Å²) in [5.41, 5.74) is 0. The second kappa shape index (κ2) is 23.6. The highest BCUT2D eigenvalue weighted by molar-refractivity contribution is 5.82. The van der Waals surface area contributed by atoms with E-state index in [0.29, 0.717) is 32.2 Å². The Kier molecular flexibility index (Phi) is 21.1. The fourth-order valence-electron chi connectivity index (χ4n) is 3.44. The van der Waals surface area contributed by atoms with Crippen molar-refractivity contribution in [2.24, 2.45) is 9.98 Å². The third-order valence-electron chi connectivity index (χ3n) is 5.47. The largest absolute Gasteiger partial charge is 0.480 e. The number of ether oxygens (including phenoxy) is 2. The second-order valence-corrected chi connectivity index (χ2v) is 8.58. The number of amides is 4. The third-order valence-corrected chi connectivity index (χ3v) is 5.47. The number of carbonyl (C=O) groups excluding carboxylic acids is 6. The zero-order chi connectivity index (χ0) is 30.9. The molecule has 230 valence electrons. The number of aliphatic carboxylic acids is 1. The van der Waals surface area contributed by atoms with Gasteiger partial charge < -0.3 is 35.8 Å². The maximum absolute atomic E-state index is 12.1. The van der Waals surface area contributed by atoms with Gasteiger partial charge in [0, 0.05) is 19.6 Å². The first kappa shape index (κ1) is 36.7. The predicted molar refractivity (Wildman–Crippen MR) is 143 cm³/mol. The molecule has 0 aliphatic rings. The molecule has 0 saturated carbocycles. The number of aliphatic imine (C=N–C) groups is 2. The normalized spacial score (nSPS) is 12.2. The van der Waals surface area contributed by atoms with E-state index in [0.717, 1.165) is 0 Å². The molecule has 0 aromatic carbocycles. The van der Waals surface area contributed by atoms with Gasteiger partial charge in [-0.3, -0.25) is 0 Å². The van der Waals surface area contributed by atoms with E-state index in [1.54, 1.807) is 13.8 Å². The zero-order valence-corrected chi connectivity index (χ0v) is 23.4. The van der Waals surface area contributed by atoms with Gasteiger partial charge in [-0.25, -0.2) is 33.6 Å². The minimum Gasteiger partial charge on any atom is -0.480 e. The second-order valence-electron chi connectivity index (χ2n) is 8.58. The summed E-state index contributed by atoms with van der Waals surface area (Å²) in [5, 5.41) is 19.5. The van der Waals surface area contributed by atoms with Crippen molar-refractivity contribution in [3.8, 4) is 0 Å². The number of isocyanates is 2. The zero-order valence-electron chi connectivity index (χ0n) is 23.4. The Morgan fingerprint density at radius 1 is 0.683 bits per heavy atom. The molecule has 0 bridgehead atoms. The monoisotopic (exact) mass is 584 g/mol. The van der Waals surface area contributed by atoms with Crippen molar-refractivity contribution in [1.29, 1.82) is 0 Å². The minimum atomic E-state index is -1.23. The Labute approximate surface area is 238 Å². The van der Waals surface area contributed by atoms with Crippen molar-refractivity contribution >= 4 is 42.1 Å². The van der Waals surface area contributed by atoms with Crippen molar-refractivity contribution in [2.75, 3.05) is 32.8 Å². The first-order chi connectivity index (χ1) is 19.7. The first-order valence-corrected chi connectivity index (χ1v) is 13.5. The van der Waals surface area contributed by atoms with E-state index >= 15 is 0 Å². The van der Waals surface area contributed by atoms with Gasteiger partial charge >= 0.3 is 30.0 Å². The summed E-state index contributed by atoms with van der Waals surface area (Å²) in [6.45, 7) is 4.28. The van der Waals surface area contributed by atoms with Crippen LogP contribution in [0.5, 0.6) is 0 Å². The lowest BCUT2D eigenvalue weighted by Gasteiger charge is -2.15. The van der Waals surface area contributed by atoms with Gasteiger partial charge in [0.1, 0.15) is 6.04 Å². The van der Waals surface area contributed by atoms with Crippen LogP contribution in [0.4, 0.5) is 9.59 Å². The Bertz CT molecular complexity index is 934. The summed E-state index contributed by atoms with van der Waals surface area (Å²) in [6.07, 6.45) is 5.49. The van der Waals surface area contributed by atoms with Crippen LogP contribution in [0.25, 0.3) is 0 Å². The fourth-order valence-corrected chi connectivity index (χ4v) is 3.44. The van der Waals surface area contributed by atoms with Crippen molar-refractivity contribution < 1.29 is 48.1 Å². The summed E-state index contributed by atoms with van der Waals surface area (Å²) in [7, 11) is 0. The van der Waals surface area contributed by atoms with Crippen LogP contribution < -0.4 is 21.3 Å². The van der Waals surface area contributed by atoms with E-state index < -0.39 is 48.1 Å². The quantitative estimate of drug-likeness (QED) is 0.0517. The number of nitrogens with zero attached hydrogens (tertiary/aromatic N) is 2. The van der Waals surface area contributed by atoms with E-state index in [2.05, 4.69) is 31.3 Å². The van der Waals surface area contributed by atoms with Crippen LogP contribution in [0.3, 0.4) is 0 Å². The highest BCUT2D eigenvalue weighted by Gasteiger charge is 2.21. The molecule has 4 amide bonds. The molecule has 0 saturated heterocycles. The molecule has 0 aromatic rings.